The topological polar surface area (TPSA) is 90.5 Å². The van der Waals surface area contributed by atoms with Crippen LogP contribution in [0.2, 0.25) is 0 Å². The van der Waals surface area contributed by atoms with Gasteiger partial charge in [-0.1, -0.05) is 38.5 Å². The molecular formula is C21H32N4O3. The molecule has 1 aliphatic rings. The molecule has 0 aliphatic carbocycles. The molecule has 1 aromatic rings. The van der Waals surface area contributed by atoms with Gasteiger partial charge in [-0.3, -0.25) is 25.2 Å². The van der Waals surface area contributed by atoms with Crippen LogP contribution in [0.15, 0.2) is 18.2 Å². The van der Waals surface area contributed by atoms with Crippen LogP contribution in [0.5, 0.6) is 0 Å². The van der Waals surface area contributed by atoms with Gasteiger partial charge in [0.05, 0.1) is 12.5 Å². The second-order valence-corrected chi connectivity index (χ2v) is 8.55. The maximum Gasteiger partial charge on any atom is 0.257 e. The van der Waals surface area contributed by atoms with Gasteiger partial charge in [0.25, 0.3) is 5.91 Å². The molecule has 2 rings (SSSR count). The van der Waals surface area contributed by atoms with Gasteiger partial charge in [-0.05, 0) is 38.3 Å². The molecular weight excluding hydrogens is 356 g/mol. The quantitative estimate of drug-likeness (QED) is 0.690. The largest absolute Gasteiger partial charge is 0.376 e. The lowest BCUT2D eigenvalue weighted by atomic mass is 9.91. The van der Waals surface area contributed by atoms with Crippen LogP contribution in [0.4, 0.5) is 5.69 Å². The molecule has 3 amide bonds. The molecule has 0 saturated carbocycles. The maximum atomic E-state index is 12.4. The van der Waals surface area contributed by atoms with Gasteiger partial charge in [0, 0.05) is 24.2 Å². The van der Waals surface area contributed by atoms with Crippen molar-refractivity contribution in [2.24, 2.45) is 11.3 Å². The Balaban J connectivity index is 1.79. The number of aryl methyl sites for hydroxylation is 2. The molecule has 0 spiro atoms. The highest BCUT2D eigenvalue weighted by Crippen LogP contribution is 2.23. The average Bonchev–Trinajstić information content (AvgIpc) is 2.64. The second kappa shape index (κ2) is 9.08. The number of hydrogen-bond acceptors (Lipinski definition) is 4. The summed E-state index contributed by atoms with van der Waals surface area (Å²) in [5.74, 6) is -0.850. The van der Waals surface area contributed by atoms with Crippen molar-refractivity contribution in [1.82, 2.24) is 15.8 Å². The molecule has 0 aromatic heterocycles. The molecule has 7 nitrogen and oxygen atoms in total. The normalized spacial score (nSPS) is 17.0. The molecule has 1 aliphatic heterocycles. The fourth-order valence-electron chi connectivity index (χ4n) is 3.31. The van der Waals surface area contributed by atoms with Crippen molar-refractivity contribution in [2.45, 2.75) is 47.5 Å². The number of amides is 3. The Bertz CT molecular complexity index is 740. The van der Waals surface area contributed by atoms with Crippen LogP contribution in [-0.2, 0) is 14.4 Å². The molecule has 3 N–H and O–H groups in total. The van der Waals surface area contributed by atoms with E-state index >= 15 is 0 Å². The van der Waals surface area contributed by atoms with Gasteiger partial charge >= 0.3 is 0 Å². The second-order valence-electron chi connectivity index (χ2n) is 8.55. The number of hydrogen-bond donors (Lipinski definition) is 3. The third-order valence-corrected chi connectivity index (χ3v) is 4.87. The Labute approximate surface area is 167 Å². The molecule has 0 radical (unpaired) electrons. The smallest absolute Gasteiger partial charge is 0.257 e. The first-order valence-corrected chi connectivity index (χ1v) is 9.77. The van der Waals surface area contributed by atoms with E-state index in [9.17, 15) is 14.4 Å². The molecule has 0 bridgehead atoms. The number of likely N-dealkylation sites (tertiary alicyclic amines) is 1. The zero-order chi connectivity index (χ0) is 20.9. The molecule has 1 heterocycles. The Morgan fingerprint density at radius 1 is 1.14 bits per heavy atom. The Hall–Kier alpha value is -2.57. The van der Waals surface area contributed by atoms with Gasteiger partial charge in [-0.15, -0.1) is 0 Å². The van der Waals surface area contributed by atoms with Crippen LogP contribution in [-0.4, -0.2) is 42.3 Å². The number of benzene rings is 1. The first-order chi connectivity index (χ1) is 13.1. The van der Waals surface area contributed by atoms with E-state index in [1.54, 1.807) is 4.90 Å². The third kappa shape index (κ3) is 5.97. The molecule has 154 valence electrons. The predicted octanol–water partition coefficient (Wildman–Crippen LogP) is 2.15. The van der Waals surface area contributed by atoms with E-state index < -0.39 is 5.41 Å². The van der Waals surface area contributed by atoms with E-state index in [-0.39, 0.29) is 30.2 Å². The summed E-state index contributed by atoms with van der Waals surface area (Å²) in [5, 5.41) is 3.07. The Morgan fingerprint density at radius 3 is 2.50 bits per heavy atom. The van der Waals surface area contributed by atoms with Crippen molar-refractivity contribution in [2.75, 3.05) is 25.0 Å². The summed E-state index contributed by atoms with van der Waals surface area (Å²) in [6.45, 7) is 10.7. The Morgan fingerprint density at radius 2 is 1.86 bits per heavy atom. The summed E-state index contributed by atoms with van der Waals surface area (Å²) in [7, 11) is 0. The number of hydrazine groups is 1. The standard InChI is InChI=1S/C21H32N4O3/c1-14-8-9-17(15(2)11-14)22-12-18(26)23-24-19(27)16-7-6-10-25(13-16)20(28)21(3,4)5/h8-9,11,16,22H,6-7,10,12-13H2,1-5H3,(H,23,26)(H,24,27). The van der Waals surface area contributed by atoms with Crippen molar-refractivity contribution >= 4 is 23.4 Å². The molecule has 28 heavy (non-hydrogen) atoms. The third-order valence-electron chi connectivity index (χ3n) is 4.87. The minimum Gasteiger partial charge on any atom is -0.376 e. The molecule has 7 heteroatoms. The van der Waals surface area contributed by atoms with E-state index in [1.165, 1.54) is 0 Å². The lowest BCUT2D eigenvalue weighted by molar-refractivity contribution is -0.143. The fourth-order valence-corrected chi connectivity index (χ4v) is 3.31. The first kappa shape index (κ1) is 21.7. The number of piperidine rings is 1. The molecule has 1 atom stereocenters. The molecule has 1 unspecified atom stereocenters. The lowest BCUT2D eigenvalue weighted by Gasteiger charge is -2.35. The van der Waals surface area contributed by atoms with Crippen LogP contribution in [0.1, 0.15) is 44.7 Å². The highest BCUT2D eigenvalue weighted by atomic mass is 16.2. The van der Waals surface area contributed by atoms with Gasteiger partial charge in [0.2, 0.25) is 11.8 Å². The van der Waals surface area contributed by atoms with Crippen molar-refractivity contribution < 1.29 is 14.4 Å². The number of anilines is 1. The summed E-state index contributed by atoms with van der Waals surface area (Å²) in [6.07, 6.45) is 1.48. The summed E-state index contributed by atoms with van der Waals surface area (Å²) in [6, 6.07) is 5.94. The molecule has 1 aromatic carbocycles. The van der Waals surface area contributed by atoms with Crippen LogP contribution in [0.3, 0.4) is 0 Å². The monoisotopic (exact) mass is 388 g/mol. The van der Waals surface area contributed by atoms with Gasteiger partial charge < -0.3 is 10.2 Å². The predicted molar refractivity (Wildman–Crippen MR) is 109 cm³/mol. The van der Waals surface area contributed by atoms with Gasteiger partial charge in [0.1, 0.15) is 0 Å². The summed E-state index contributed by atoms with van der Waals surface area (Å²) in [5.41, 5.74) is 7.58. The zero-order valence-electron chi connectivity index (χ0n) is 17.5. The van der Waals surface area contributed by atoms with Crippen LogP contribution >= 0.6 is 0 Å². The molecule has 1 saturated heterocycles. The fraction of sp³-hybridized carbons (Fsp3) is 0.571. The first-order valence-electron chi connectivity index (χ1n) is 9.77. The summed E-state index contributed by atoms with van der Waals surface area (Å²) >= 11 is 0. The minimum atomic E-state index is -0.466. The number of carbonyl (C=O) groups is 3. The van der Waals surface area contributed by atoms with Crippen LogP contribution in [0, 0.1) is 25.2 Å². The van der Waals surface area contributed by atoms with Gasteiger partial charge in [-0.2, -0.15) is 0 Å². The zero-order valence-corrected chi connectivity index (χ0v) is 17.5. The molecule has 1 fully saturated rings. The minimum absolute atomic E-state index is 0.0479. The van der Waals surface area contributed by atoms with E-state index in [4.69, 9.17) is 0 Å². The van der Waals surface area contributed by atoms with Crippen molar-refractivity contribution in [1.29, 1.82) is 0 Å². The van der Waals surface area contributed by atoms with Crippen molar-refractivity contribution in [3.63, 3.8) is 0 Å². The van der Waals surface area contributed by atoms with Crippen LogP contribution < -0.4 is 16.2 Å². The maximum absolute atomic E-state index is 12.4. The van der Waals surface area contributed by atoms with Gasteiger partial charge in [-0.25, -0.2) is 0 Å². The number of nitrogens with one attached hydrogen (secondary N) is 3. The SMILES string of the molecule is Cc1ccc(NCC(=O)NNC(=O)C2CCCN(C(=O)C(C)(C)C)C2)c(C)c1. The lowest BCUT2D eigenvalue weighted by Crippen LogP contribution is -2.52. The van der Waals surface area contributed by atoms with Crippen LogP contribution in [0.25, 0.3) is 0 Å². The van der Waals surface area contributed by atoms with Crippen molar-refractivity contribution in [3.05, 3.63) is 29.3 Å². The highest BCUT2D eigenvalue weighted by Gasteiger charge is 2.33. The van der Waals surface area contributed by atoms with E-state index in [1.807, 2.05) is 52.8 Å². The summed E-state index contributed by atoms with van der Waals surface area (Å²) in [4.78, 5) is 38.6. The highest BCUT2D eigenvalue weighted by molar-refractivity contribution is 5.86. The number of carbonyl (C=O) groups excluding carboxylic acids is 3. The summed E-state index contributed by atoms with van der Waals surface area (Å²) < 4.78 is 0. The Kier molecular flexibility index (Phi) is 7.05. The number of rotatable bonds is 4. The van der Waals surface area contributed by atoms with Crippen molar-refractivity contribution in [3.8, 4) is 0 Å². The average molecular weight is 389 g/mol. The number of nitrogens with zero attached hydrogens (tertiary/aromatic N) is 1. The van der Waals surface area contributed by atoms with E-state index in [0.29, 0.717) is 19.5 Å². The van der Waals surface area contributed by atoms with E-state index in [2.05, 4.69) is 16.2 Å². The van der Waals surface area contributed by atoms with Gasteiger partial charge in [0.15, 0.2) is 0 Å². The van der Waals surface area contributed by atoms with E-state index in [0.717, 1.165) is 23.2 Å².